The van der Waals surface area contributed by atoms with Gasteiger partial charge in [0.25, 0.3) is 11.8 Å². The summed E-state index contributed by atoms with van der Waals surface area (Å²) in [5, 5.41) is 3.53. The Morgan fingerprint density at radius 1 is 0.795 bits per heavy atom. The van der Waals surface area contributed by atoms with Gasteiger partial charge in [-0.15, -0.1) is 0 Å². The molecule has 0 bridgehead atoms. The molecular weight excluding hydrogens is 772 g/mol. The SMILES string of the molecule is O=C(Nc1cccc(C(=O)Nc2c(I)cc(C(F)(C(F)(F)F)C(F)(F)C(F)(F)F)cc2C(F)(F)F)c1F)c1ccc(Cl)nc1. The number of pyridine rings is 1. The molecule has 0 aliphatic carbocycles. The van der Waals surface area contributed by atoms with Crippen molar-refractivity contribution >= 4 is 57.4 Å². The molecule has 1 heterocycles. The van der Waals surface area contributed by atoms with Crippen molar-refractivity contribution in [2.75, 3.05) is 10.6 Å². The van der Waals surface area contributed by atoms with Gasteiger partial charge in [0.2, 0.25) is 0 Å². The molecule has 1 atom stereocenters. The number of anilines is 2. The number of aromatic nitrogens is 1. The molecule has 1 unspecified atom stereocenters. The predicted octanol–water partition coefficient (Wildman–Crippen LogP) is 8.93. The first kappa shape index (κ1) is 35.1. The van der Waals surface area contributed by atoms with E-state index in [1.807, 2.05) is 5.32 Å². The number of rotatable bonds is 6. The van der Waals surface area contributed by atoms with Crippen LogP contribution in [0.3, 0.4) is 0 Å². The lowest BCUT2D eigenvalue weighted by Gasteiger charge is -2.36. The van der Waals surface area contributed by atoms with Gasteiger partial charge in [-0.1, -0.05) is 17.7 Å². The van der Waals surface area contributed by atoms with Gasteiger partial charge in [0.1, 0.15) is 5.15 Å². The number of nitrogens with zero attached hydrogens (tertiary/aromatic N) is 1. The summed E-state index contributed by atoms with van der Waals surface area (Å²) < 4.78 is 177. The molecule has 44 heavy (non-hydrogen) atoms. The third-order valence-electron chi connectivity index (χ3n) is 5.69. The summed E-state index contributed by atoms with van der Waals surface area (Å²) in [4.78, 5) is 28.7. The number of nitrogens with one attached hydrogen (secondary N) is 2. The Labute approximate surface area is 254 Å². The van der Waals surface area contributed by atoms with Crippen LogP contribution >= 0.6 is 34.2 Å². The molecule has 238 valence electrons. The van der Waals surface area contributed by atoms with Crippen molar-refractivity contribution in [1.82, 2.24) is 4.98 Å². The largest absolute Gasteiger partial charge is 0.457 e. The fourth-order valence-electron chi connectivity index (χ4n) is 3.56. The van der Waals surface area contributed by atoms with Crippen LogP contribution in [0.2, 0.25) is 5.15 Å². The molecule has 0 radical (unpaired) electrons. The van der Waals surface area contributed by atoms with E-state index in [4.69, 9.17) is 11.6 Å². The summed E-state index contributed by atoms with van der Waals surface area (Å²) in [6.45, 7) is 0. The number of amides is 2. The molecule has 2 aromatic carbocycles. The van der Waals surface area contributed by atoms with Gasteiger partial charge in [0.05, 0.1) is 28.1 Å². The molecular formula is C24H10ClF13IN3O2. The fraction of sp³-hybridized carbons (Fsp3) is 0.208. The van der Waals surface area contributed by atoms with Gasteiger partial charge in [-0.2, -0.15) is 48.3 Å². The minimum Gasteiger partial charge on any atom is -0.320 e. The number of hydrogen-bond acceptors (Lipinski definition) is 3. The summed E-state index contributed by atoms with van der Waals surface area (Å²) in [5.41, 5.74) is -15.4. The lowest BCUT2D eigenvalue weighted by atomic mass is 9.86. The van der Waals surface area contributed by atoms with Gasteiger partial charge >= 0.3 is 30.1 Å². The lowest BCUT2D eigenvalue weighted by Crippen LogP contribution is -2.59. The van der Waals surface area contributed by atoms with Gasteiger partial charge < -0.3 is 10.6 Å². The minimum absolute atomic E-state index is 0.00281. The Kier molecular flexibility index (Phi) is 9.47. The van der Waals surface area contributed by atoms with Crippen LogP contribution in [-0.4, -0.2) is 35.1 Å². The smallest absolute Gasteiger partial charge is 0.320 e. The third-order valence-corrected chi connectivity index (χ3v) is 6.77. The Hall–Kier alpha value is -3.36. The van der Waals surface area contributed by atoms with Gasteiger partial charge in [-0.3, -0.25) is 9.59 Å². The molecule has 20 heteroatoms. The van der Waals surface area contributed by atoms with Crippen molar-refractivity contribution in [3.8, 4) is 0 Å². The summed E-state index contributed by atoms with van der Waals surface area (Å²) in [5.74, 6) is -11.5. The first-order valence-corrected chi connectivity index (χ1v) is 12.5. The summed E-state index contributed by atoms with van der Waals surface area (Å²) >= 11 is 6.32. The number of carbonyl (C=O) groups excluding carboxylic acids is 2. The molecule has 0 aliphatic rings. The highest BCUT2D eigenvalue weighted by Crippen LogP contribution is 2.59. The van der Waals surface area contributed by atoms with Crippen LogP contribution in [0.25, 0.3) is 0 Å². The molecule has 0 fully saturated rings. The third kappa shape index (κ3) is 6.52. The maximum atomic E-state index is 15.1. The Morgan fingerprint density at radius 3 is 1.91 bits per heavy atom. The highest BCUT2D eigenvalue weighted by molar-refractivity contribution is 14.1. The Morgan fingerprint density at radius 2 is 1.41 bits per heavy atom. The van der Waals surface area contributed by atoms with Gasteiger partial charge in [0.15, 0.2) is 5.82 Å². The van der Waals surface area contributed by atoms with Gasteiger partial charge in [-0.25, -0.2) is 13.8 Å². The second kappa shape index (κ2) is 11.9. The zero-order valence-electron chi connectivity index (χ0n) is 20.6. The molecule has 0 saturated carbocycles. The van der Waals surface area contributed by atoms with Crippen LogP contribution < -0.4 is 10.6 Å². The van der Waals surface area contributed by atoms with E-state index in [1.165, 1.54) is 17.4 Å². The van der Waals surface area contributed by atoms with E-state index in [-0.39, 0.29) is 10.7 Å². The minimum atomic E-state index is -7.27. The maximum Gasteiger partial charge on any atom is 0.457 e. The quantitative estimate of drug-likeness (QED) is 0.149. The van der Waals surface area contributed by atoms with E-state index >= 15 is 4.39 Å². The van der Waals surface area contributed by atoms with E-state index < -0.39 is 91.5 Å². The average molecular weight is 782 g/mol. The van der Waals surface area contributed by atoms with Gasteiger partial charge in [0, 0.05) is 15.3 Å². The number of hydrogen-bond donors (Lipinski definition) is 2. The van der Waals surface area contributed by atoms with Crippen LogP contribution in [0.4, 0.5) is 68.5 Å². The summed E-state index contributed by atoms with van der Waals surface area (Å²) in [6, 6.07) is 3.56. The molecule has 0 aliphatic heterocycles. The Bertz CT molecular complexity index is 1590. The van der Waals surface area contributed by atoms with Gasteiger partial charge in [-0.05, 0) is 59.0 Å². The molecule has 0 saturated heterocycles. The molecule has 1 aromatic heterocycles. The summed E-state index contributed by atoms with van der Waals surface area (Å²) in [6.07, 6.45) is -19.2. The first-order valence-electron chi connectivity index (χ1n) is 11.1. The van der Waals surface area contributed by atoms with Crippen LogP contribution in [0.5, 0.6) is 0 Å². The lowest BCUT2D eigenvalue weighted by molar-refractivity contribution is -0.389. The monoisotopic (exact) mass is 781 g/mol. The van der Waals surface area contributed by atoms with E-state index in [0.717, 1.165) is 40.9 Å². The van der Waals surface area contributed by atoms with Crippen molar-refractivity contribution in [3.05, 3.63) is 85.5 Å². The molecule has 3 rings (SSSR count). The van der Waals surface area contributed by atoms with Crippen LogP contribution in [0.15, 0.2) is 48.7 Å². The number of alkyl halides is 12. The Balaban J connectivity index is 2.09. The standard InChI is InChI=1S/C24H10ClF13IN3O2/c25-15-5-4-9(8-40-15)18(43)41-14-3-1-2-11(16(14)26)19(44)42-17-12(21(28,29)30)6-10(7-13(17)39)20(27,23(33,34)35)22(31,32)24(36,37)38/h1-8H,(H,41,43)(H,42,44). The number of halogens is 15. The second-order valence-corrected chi connectivity index (χ2v) is 10.1. The predicted molar refractivity (Wildman–Crippen MR) is 136 cm³/mol. The number of benzene rings is 2. The van der Waals surface area contributed by atoms with E-state index in [2.05, 4.69) is 4.98 Å². The van der Waals surface area contributed by atoms with Crippen molar-refractivity contribution in [3.63, 3.8) is 0 Å². The maximum absolute atomic E-state index is 15.1. The molecule has 3 aromatic rings. The highest BCUT2D eigenvalue weighted by atomic mass is 127. The van der Waals surface area contributed by atoms with E-state index in [9.17, 15) is 62.3 Å². The average Bonchev–Trinajstić information content (AvgIpc) is 2.88. The van der Waals surface area contributed by atoms with Crippen molar-refractivity contribution in [1.29, 1.82) is 0 Å². The van der Waals surface area contributed by atoms with Crippen molar-refractivity contribution in [2.24, 2.45) is 0 Å². The molecule has 5 nitrogen and oxygen atoms in total. The molecule has 0 spiro atoms. The normalized spacial score (nSPS) is 14.2. The molecule has 2 amide bonds. The van der Waals surface area contributed by atoms with Crippen LogP contribution in [0, 0.1) is 9.39 Å². The second-order valence-electron chi connectivity index (χ2n) is 8.55. The van der Waals surface area contributed by atoms with Crippen molar-refractivity contribution in [2.45, 2.75) is 30.1 Å². The fourth-order valence-corrected chi connectivity index (χ4v) is 4.44. The van der Waals surface area contributed by atoms with Crippen molar-refractivity contribution < 1.29 is 66.7 Å². The molecule has 2 N–H and O–H groups in total. The van der Waals surface area contributed by atoms with Crippen LogP contribution in [0.1, 0.15) is 31.8 Å². The topological polar surface area (TPSA) is 71.1 Å². The van der Waals surface area contributed by atoms with E-state index in [0.29, 0.717) is 6.07 Å². The number of carbonyl (C=O) groups is 2. The zero-order valence-corrected chi connectivity index (χ0v) is 23.5. The highest BCUT2D eigenvalue weighted by Gasteiger charge is 2.82. The van der Waals surface area contributed by atoms with Crippen LogP contribution in [-0.2, 0) is 11.8 Å². The summed E-state index contributed by atoms with van der Waals surface area (Å²) in [7, 11) is 0. The zero-order chi connectivity index (χ0) is 33.6. The first-order chi connectivity index (χ1) is 19.9. The van der Waals surface area contributed by atoms with E-state index in [1.54, 1.807) is 0 Å².